The van der Waals surface area contributed by atoms with Gasteiger partial charge < -0.3 is 10.1 Å². The van der Waals surface area contributed by atoms with E-state index in [0.29, 0.717) is 17.1 Å². The number of carbonyl (C=O) groups is 2. The molecule has 0 radical (unpaired) electrons. The van der Waals surface area contributed by atoms with Gasteiger partial charge >= 0.3 is 12.1 Å². The molecule has 0 spiro atoms. The van der Waals surface area contributed by atoms with Crippen LogP contribution in [0.4, 0.5) is 19.0 Å². The van der Waals surface area contributed by atoms with E-state index in [4.69, 9.17) is 16.3 Å². The molecule has 3 aromatic rings. The standard InChI is InChI=1S/C19H12ClF3N2O3S2/c20-14-7-11(19(21,22)23)9-24-17(14)25-16(26)10-28-18(27)13(15-4-2-6-30-15)8-12-3-1-5-29-12/h1-9H,10H2,(H,24,25,26)/b13-8+. The third-order valence-electron chi connectivity index (χ3n) is 3.60. The number of hydrogen-bond donors (Lipinski definition) is 1. The summed E-state index contributed by atoms with van der Waals surface area (Å²) in [4.78, 5) is 29.6. The van der Waals surface area contributed by atoms with Gasteiger partial charge in [0.2, 0.25) is 0 Å². The first kappa shape index (κ1) is 22.0. The Morgan fingerprint density at radius 3 is 2.53 bits per heavy atom. The SMILES string of the molecule is O=C(COC(=O)/C(=C/c1cccs1)c1cccs1)Nc1ncc(C(F)(F)F)cc1Cl. The lowest BCUT2D eigenvalue weighted by molar-refractivity contribution is -0.141. The lowest BCUT2D eigenvalue weighted by atomic mass is 10.2. The minimum absolute atomic E-state index is 0.265. The van der Waals surface area contributed by atoms with Gasteiger partial charge in [-0.3, -0.25) is 4.79 Å². The number of nitrogens with zero attached hydrogens (tertiary/aromatic N) is 1. The monoisotopic (exact) mass is 472 g/mol. The smallest absolute Gasteiger partial charge is 0.417 e. The zero-order chi connectivity index (χ0) is 21.7. The summed E-state index contributed by atoms with van der Waals surface area (Å²) >= 11 is 8.52. The van der Waals surface area contributed by atoms with Crippen molar-refractivity contribution in [3.63, 3.8) is 0 Å². The number of amides is 1. The number of alkyl halides is 3. The Morgan fingerprint density at radius 2 is 1.93 bits per heavy atom. The number of anilines is 1. The van der Waals surface area contributed by atoms with Gasteiger partial charge in [0.1, 0.15) is 0 Å². The predicted octanol–water partition coefficient (Wildman–Crippen LogP) is 5.60. The number of hydrogen-bond acceptors (Lipinski definition) is 6. The highest BCUT2D eigenvalue weighted by Crippen LogP contribution is 2.32. The van der Waals surface area contributed by atoms with Crippen LogP contribution < -0.4 is 5.32 Å². The zero-order valence-electron chi connectivity index (χ0n) is 14.9. The van der Waals surface area contributed by atoms with E-state index in [9.17, 15) is 22.8 Å². The van der Waals surface area contributed by atoms with Crippen LogP contribution in [-0.4, -0.2) is 23.5 Å². The molecular formula is C19H12ClF3N2O3S2. The van der Waals surface area contributed by atoms with Gasteiger partial charge in [0, 0.05) is 16.0 Å². The van der Waals surface area contributed by atoms with Crippen molar-refractivity contribution < 1.29 is 27.5 Å². The Balaban J connectivity index is 1.65. The molecule has 0 saturated heterocycles. The van der Waals surface area contributed by atoms with Crippen LogP contribution in [0.1, 0.15) is 15.3 Å². The van der Waals surface area contributed by atoms with Crippen molar-refractivity contribution in [2.24, 2.45) is 0 Å². The number of carbonyl (C=O) groups excluding carboxylic acids is 2. The van der Waals surface area contributed by atoms with E-state index < -0.39 is 30.2 Å². The predicted molar refractivity (Wildman–Crippen MR) is 110 cm³/mol. The first-order valence-corrected chi connectivity index (χ1v) is 10.4. The molecule has 0 bridgehead atoms. The molecular weight excluding hydrogens is 461 g/mol. The summed E-state index contributed by atoms with van der Waals surface area (Å²) < 4.78 is 43.0. The van der Waals surface area contributed by atoms with Gasteiger partial charge in [-0.2, -0.15) is 13.2 Å². The Morgan fingerprint density at radius 1 is 1.20 bits per heavy atom. The molecule has 3 heterocycles. The highest BCUT2D eigenvalue weighted by Gasteiger charge is 2.31. The van der Waals surface area contributed by atoms with Crippen LogP contribution in [0.5, 0.6) is 0 Å². The average molecular weight is 473 g/mol. The molecule has 30 heavy (non-hydrogen) atoms. The van der Waals surface area contributed by atoms with Crippen molar-refractivity contribution in [1.82, 2.24) is 4.98 Å². The minimum Gasteiger partial charge on any atom is -0.452 e. The second kappa shape index (κ2) is 9.41. The second-order valence-corrected chi connectivity index (χ2v) is 8.06. The van der Waals surface area contributed by atoms with Gasteiger partial charge in [-0.25, -0.2) is 9.78 Å². The third-order valence-corrected chi connectivity index (χ3v) is 5.61. The van der Waals surface area contributed by atoms with E-state index in [2.05, 4.69) is 10.3 Å². The summed E-state index contributed by atoms with van der Waals surface area (Å²) in [5.41, 5.74) is -0.762. The molecule has 0 unspecified atom stereocenters. The van der Waals surface area contributed by atoms with Crippen LogP contribution in [0, 0.1) is 0 Å². The number of thiophene rings is 2. The number of pyridine rings is 1. The van der Waals surface area contributed by atoms with Gasteiger partial charge in [-0.1, -0.05) is 23.7 Å². The Hall–Kier alpha value is -2.69. The van der Waals surface area contributed by atoms with Gasteiger partial charge in [0.25, 0.3) is 5.91 Å². The van der Waals surface area contributed by atoms with E-state index in [1.807, 2.05) is 17.5 Å². The largest absolute Gasteiger partial charge is 0.452 e. The van der Waals surface area contributed by atoms with Gasteiger partial charge in [-0.15, -0.1) is 22.7 Å². The van der Waals surface area contributed by atoms with Crippen LogP contribution >= 0.6 is 34.3 Å². The minimum atomic E-state index is -4.61. The number of aromatic nitrogens is 1. The van der Waals surface area contributed by atoms with Crippen molar-refractivity contribution in [2.75, 3.05) is 11.9 Å². The van der Waals surface area contributed by atoms with E-state index in [0.717, 1.165) is 4.88 Å². The number of rotatable bonds is 6. The fourth-order valence-corrected chi connectivity index (χ4v) is 3.84. The summed E-state index contributed by atoms with van der Waals surface area (Å²) in [6.07, 6.45) is -2.40. The molecule has 156 valence electrons. The molecule has 0 aliphatic carbocycles. The van der Waals surface area contributed by atoms with Crippen LogP contribution in [0.2, 0.25) is 5.02 Å². The maximum Gasteiger partial charge on any atom is 0.417 e. The van der Waals surface area contributed by atoms with Gasteiger partial charge in [0.15, 0.2) is 12.4 Å². The van der Waals surface area contributed by atoms with Crippen molar-refractivity contribution in [1.29, 1.82) is 0 Å². The second-order valence-electron chi connectivity index (χ2n) is 5.73. The van der Waals surface area contributed by atoms with Crippen LogP contribution in [0.15, 0.2) is 47.3 Å². The molecule has 11 heteroatoms. The van der Waals surface area contributed by atoms with Crippen molar-refractivity contribution in [3.05, 3.63) is 67.6 Å². The van der Waals surface area contributed by atoms with Crippen molar-refractivity contribution in [2.45, 2.75) is 6.18 Å². The zero-order valence-corrected chi connectivity index (χ0v) is 17.3. The van der Waals surface area contributed by atoms with E-state index in [-0.39, 0.29) is 16.4 Å². The molecule has 0 saturated carbocycles. The fraction of sp³-hybridized carbons (Fsp3) is 0.105. The summed E-state index contributed by atoms with van der Waals surface area (Å²) in [7, 11) is 0. The number of halogens is 4. The molecule has 0 aliphatic rings. The van der Waals surface area contributed by atoms with Gasteiger partial charge in [0.05, 0.1) is 16.2 Å². The summed E-state index contributed by atoms with van der Waals surface area (Å²) in [5.74, 6) is -1.77. The molecule has 0 fully saturated rings. The Bertz CT molecular complexity index is 1070. The first-order valence-electron chi connectivity index (χ1n) is 8.23. The Labute approximate surface area is 181 Å². The van der Waals surface area contributed by atoms with Crippen molar-refractivity contribution in [3.8, 4) is 0 Å². The number of ether oxygens (including phenoxy) is 1. The molecule has 0 aliphatic heterocycles. The molecule has 1 N–H and O–H groups in total. The maximum atomic E-state index is 12.7. The topological polar surface area (TPSA) is 68.3 Å². The van der Waals surface area contributed by atoms with Gasteiger partial charge in [-0.05, 0) is 35.0 Å². The highest BCUT2D eigenvalue weighted by molar-refractivity contribution is 7.12. The van der Waals surface area contributed by atoms with E-state index in [1.54, 1.807) is 23.6 Å². The Kier molecular flexibility index (Phi) is 6.91. The van der Waals surface area contributed by atoms with Crippen LogP contribution in [-0.2, 0) is 20.5 Å². The summed E-state index contributed by atoms with van der Waals surface area (Å²) in [6, 6.07) is 7.84. The fourth-order valence-electron chi connectivity index (χ4n) is 2.24. The third kappa shape index (κ3) is 5.68. The summed E-state index contributed by atoms with van der Waals surface area (Å²) in [5, 5.41) is 5.49. The molecule has 5 nitrogen and oxygen atoms in total. The lowest BCUT2D eigenvalue weighted by Crippen LogP contribution is -2.22. The van der Waals surface area contributed by atoms with E-state index in [1.165, 1.54) is 22.7 Å². The molecule has 1 amide bonds. The molecule has 0 atom stereocenters. The highest BCUT2D eigenvalue weighted by atomic mass is 35.5. The van der Waals surface area contributed by atoms with Crippen LogP contribution in [0.3, 0.4) is 0 Å². The van der Waals surface area contributed by atoms with Crippen molar-refractivity contribution >= 4 is 63.6 Å². The maximum absolute atomic E-state index is 12.7. The quantitative estimate of drug-likeness (QED) is 0.374. The molecule has 3 rings (SSSR count). The number of esters is 1. The van der Waals surface area contributed by atoms with Crippen LogP contribution in [0.25, 0.3) is 11.6 Å². The van der Waals surface area contributed by atoms with E-state index >= 15 is 0 Å². The average Bonchev–Trinajstić information content (AvgIpc) is 3.39. The normalized spacial score (nSPS) is 11.9. The first-order chi connectivity index (χ1) is 14.2. The molecule has 0 aromatic carbocycles. The lowest BCUT2D eigenvalue weighted by Gasteiger charge is -2.11. The number of nitrogens with one attached hydrogen (secondary N) is 1. The summed E-state index contributed by atoms with van der Waals surface area (Å²) in [6.45, 7) is -0.662. The molecule has 3 aromatic heterocycles.